The molecule has 3 nitrogen and oxygen atoms in total. The SMILES string of the molecule is CC1(C)c2ccccc2-c2ccc(-c3nc(-n4c5ccccc5c5c6cc(-c7ccc8sc9ccccc9c8c7)ccc6ccc54)nc4ccccc34)cc21. The van der Waals surface area contributed by atoms with Crippen molar-refractivity contribution < 1.29 is 0 Å². The summed E-state index contributed by atoms with van der Waals surface area (Å²) in [6, 6.07) is 59.9. The summed E-state index contributed by atoms with van der Waals surface area (Å²) in [5, 5.41) is 8.52. The van der Waals surface area contributed by atoms with Crippen molar-refractivity contribution in [2.75, 3.05) is 0 Å². The van der Waals surface area contributed by atoms with Gasteiger partial charge in [0.05, 0.1) is 22.2 Å². The molecule has 0 fully saturated rings. The van der Waals surface area contributed by atoms with Gasteiger partial charge < -0.3 is 0 Å². The van der Waals surface area contributed by atoms with E-state index in [0.717, 1.165) is 33.2 Å². The molecule has 0 bridgehead atoms. The maximum Gasteiger partial charge on any atom is 0.235 e. The predicted octanol–water partition coefficient (Wildman–Crippen LogP) is 13.9. The predicted molar refractivity (Wildman–Crippen MR) is 233 cm³/mol. The van der Waals surface area contributed by atoms with Gasteiger partial charge in [0.15, 0.2) is 0 Å². The number of thiophene rings is 1. The van der Waals surface area contributed by atoms with Gasteiger partial charge in [0, 0.05) is 47.3 Å². The molecule has 0 saturated heterocycles. The van der Waals surface area contributed by atoms with Gasteiger partial charge in [-0.3, -0.25) is 4.57 Å². The first kappa shape index (κ1) is 30.8. The zero-order chi connectivity index (χ0) is 36.4. The van der Waals surface area contributed by atoms with Crippen LogP contribution in [0.1, 0.15) is 25.0 Å². The highest BCUT2D eigenvalue weighted by atomic mass is 32.1. The van der Waals surface area contributed by atoms with Gasteiger partial charge in [-0.25, -0.2) is 9.97 Å². The monoisotopic (exact) mass is 719 g/mol. The van der Waals surface area contributed by atoms with Crippen molar-refractivity contribution in [3.8, 4) is 39.5 Å². The molecule has 0 spiro atoms. The lowest BCUT2D eigenvalue weighted by atomic mass is 9.82. The Morgan fingerprint density at radius 1 is 0.473 bits per heavy atom. The van der Waals surface area contributed by atoms with Gasteiger partial charge >= 0.3 is 0 Å². The van der Waals surface area contributed by atoms with Crippen molar-refractivity contribution in [1.82, 2.24) is 14.5 Å². The van der Waals surface area contributed by atoms with Crippen LogP contribution in [0.2, 0.25) is 0 Å². The average Bonchev–Trinajstić information content (AvgIpc) is 3.85. The van der Waals surface area contributed by atoms with Gasteiger partial charge in [0.25, 0.3) is 0 Å². The van der Waals surface area contributed by atoms with E-state index in [9.17, 15) is 0 Å². The Bertz CT molecular complexity index is 3420. The fourth-order valence-corrected chi connectivity index (χ4v) is 10.4. The standard InChI is InChI=1S/C51H33N3S/c1-51(2)41-15-7-3-11-34(41)35-24-21-33(29-42(35)51)49-37-13-4-8-16-43(37)52-50(53-49)54-44-17-9-5-14-38(44)48-39-27-31(20-19-30(39)22-25-45(48)54)32-23-26-47-40(28-32)36-12-6-10-18-46(36)55-47/h3-29H,1-2H3. The smallest absolute Gasteiger partial charge is 0.235 e. The van der Waals surface area contributed by atoms with E-state index in [4.69, 9.17) is 9.97 Å². The Morgan fingerprint density at radius 2 is 1.15 bits per heavy atom. The highest BCUT2D eigenvalue weighted by molar-refractivity contribution is 7.25. The maximum absolute atomic E-state index is 5.48. The van der Waals surface area contributed by atoms with E-state index in [0.29, 0.717) is 5.95 Å². The molecule has 0 radical (unpaired) electrons. The molecular weight excluding hydrogens is 687 g/mol. The lowest BCUT2D eigenvalue weighted by Crippen LogP contribution is -2.15. The third-order valence-corrected chi connectivity index (χ3v) is 13.2. The Kier molecular flexibility index (Phi) is 6.27. The van der Waals surface area contributed by atoms with E-state index in [1.54, 1.807) is 0 Å². The Hall–Kier alpha value is -6.62. The van der Waals surface area contributed by atoms with Crippen LogP contribution in [0.3, 0.4) is 0 Å². The summed E-state index contributed by atoms with van der Waals surface area (Å²) in [7, 11) is 0. The summed E-state index contributed by atoms with van der Waals surface area (Å²) in [5.74, 6) is 0.674. The van der Waals surface area contributed by atoms with Crippen molar-refractivity contribution in [2.24, 2.45) is 0 Å². The van der Waals surface area contributed by atoms with E-state index in [1.807, 2.05) is 11.3 Å². The van der Waals surface area contributed by atoms with Crippen molar-refractivity contribution in [1.29, 1.82) is 0 Å². The van der Waals surface area contributed by atoms with Gasteiger partial charge in [-0.05, 0) is 92.7 Å². The Balaban J connectivity index is 1.08. The van der Waals surface area contributed by atoms with Gasteiger partial charge in [0.2, 0.25) is 5.95 Å². The third kappa shape index (κ3) is 4.37. The summed E-state index contributed by atoms with van der Waals surface area (Å²) in [6.07, 6.45) is 0. The second-order valence-electron chi connectivity index (χ2n) is 15.4. The highest BCUT2D eigenvalue weighted by Gasteiger charge is 2.35. The Morgan fingerprint density at radius 3 is 2.05 bits per heavy atom. The van der Waals surface area contributed by atoms with Crippen LogP contribution in [0.15, 0.2) is 164 Å². The summed E-state index contributed by atoms with van der Waals surface area (Å²) in [5.41, 5.74) is 12.8. The average molecular weight is 720 g/mol. The van der Waals surface area contributed by atoms with E-state index in [2.05, 4.69) is 182 Å². The van der Waals surface area contributed by atoms with Crippen LogP contribution < -0.4 is 0 Å². The van der Waals surface area contributed by atoms with E-state index < -0.39 is 0 Å². The molecule has 4 heteroatoms. The van der Waals surface area contributed by atoms with Gasteiger partial charge in [-0.2, -0.15) is 0 Å². The van der Waals surface area contributed by atoms with Crippen molar-refractivity contribution in [3.05, 3.63) is 175 Å². The molecule has 0 unspecified atom stereocenters. The fourth-order valence-electron chi connectivity index (χ4n) is 9.32. The topological polar surface area (TPSA) is 30.7 Å². The number of hydrogen-bond donors (Lipinski definition) is 0. The second-order valence-corrected chi connectivity index (χ2v) is 16.5. The summed E-state index contributed by atoms with van der Waals surface area (Å²) < 4.78 is 4.91. The first-order valence-electron chi connectivity index (χ1n) is 18.9. The number of rotatable bonds is 3. The summed E-state index contributed by atoms with van der Waals surface area (Å²) >= 11 is 1.86. The molecule has 55 heavy (non-hydrogen) atoms. The normalized spacial score (nSPS) is 13.4. The number of benzene rings is 8. The van der Waals surface area contributed by atoms with Crippen LogP contribution in [0.5, 0.6) is 0 Å². The lowest BCUT2D eigenvalue weighted by molar-refractivity contribution is 0.660. The van der Waals surface area contributed by atoms with Gasteiger partial charge in [-0.1, -0.05) is 129 Å². The van der Waals surface area contributed by atoms with E-state index in [-0.39, 0.29) is 5.41 Å². The third-order valence-electron chi connectivity index (χ3n) is 12.0. The molecule has 0 amide bonds. The largest absolute Gasteiger partial charge is 0.278 e. The molecule has 1 aliphatic rings. The van der Waals surface area contributed by atoms with Gasteiger partial charge in [-0.15, -0.1) is 11.3 Å². The molecule has 0 atom stereocenters. The minimum Gasteiger partial charge on any atom is -0.278 e. The van der Waals surface area contributed by atoms with E-state index >= 15 is 0 Å². The molecule has 1 aliphatic carbocycles. The lowest BCUT2D eigenvalue weighted by Gasteiger charge is -2.22. The van der Waals surface area contributed by atoms with E-state index in [1.165, 1.54) is 75.1 Å². The van der Waals surface area contributed by atoms with Crippen LogP contribution in [-0.4, -0.2) is 14.5 Å². The van der Waals surface area contributed by atoms with Crippen LogP contribution in [0.4, 0.5) is 0 Å². The summed E-state index contributed by atoms with van der Waals surface area (Å²) in [6.45, 7) is 4.67. The van der Waals surface area contributed by atoms with Crippen molar-refractivity contribution >= 4 is 75.0 Å². The molecule has 8 aromatic carbocycles. The fraction of sp³-hybridized carbons (Fsp3) is 0.0588. The number of aromatic nitrogens is 3. The molecular formula is C51H33N3S. The summed E-state index contributed by atoms with van der Waals surface area (Å²) in [4.78, 5) is 10.8. The molecule has 258 valence electrons. The van der Waals surface area contributed by atoms with Crippen LogP contribution in [-0.2, 0) is 5.41 Å². The van der Waals surface area contributed by atoms with Crippen molar-refractivity contribution in [2.45, 2.75) is 19.3 Å². The molecule has 12 rings (SSSR count). The molecule has 0 N–H and O–H groups in total. The molecule has 0 aliphatic heterocycles. The minimum atomic E-state index is -0.108. The number of nitrogens with zero attached hydrogens (tertiary/aromatic N) is 3. The van der Waals surface area contributed by atoms with Crippen LogP contribution in [0, 0.1) is 0 Å². The minimum absolute atomic E-state index is 0.108. The molecule has 3 heterocycles. The van der Waals surface area contributed by atoms with Crippen LogP contribution in [0.25, 0.3) is 103 Å². The maximum atomic E-state index is 5.48. The first-order valence-corrected chi connectivity index (χ1v) is 19.7. The van der Waals surface area contributed by atoms with Crippen LogP contribution >= 0.6 is 11.3 Å². The quantitative estimate of drug-likeness (QED) is 0.182. The Labute approximate surface area is 321 Å². The molecule has 0 saturated carbocycles. The number of fused-ring (bicyclic) bond motifs is 12. The second kappa shape index (κ2) is 11.2. The van der Waals surface area contributed by atoms with Crippen molar-refractivity contribution in [3.63, 3.8) is 0 Å². The number of hydrogen-bond acceptors (Lipinski definition) is 3. The molecule has 11 aromatic rings. The first-order chi connectivity index (χ1) is 27.0. The molecule has 3 aromatic heterocycles. The highest BCUT2D eigenvalue weighted by Crippen LogP contribution is 2.50. The zero-order valence-corrected chi connectivity index (χ0v) is 31.2. The number of para-hydroxylation sites is 2. The van der Waals surface area contributed by atoms with Gasteiger partial charge in [0.1, 0.15) is 0 Å². The zero-order valence-electron chi connectivity index (χ0n) is 30.3.